The van der Waals surface area contributed by atoms with Crippen molar-refractivity contribution in [1.29, 1.82) is 0 Å². The molecule has 2 N–H and O–H groups in total. The molecule has 1 aliphatic heterocycles. The number of anilines is 1. The normalized spacial score (nSPS) is 18.7. The van der Waals surface area contributed by atoms with Crippen molar-refractivity contribution in [3.05, 3.63) is 60.2 Å². The van der Waals surface area contributed by atoms with Gasteiger partial charge in [-0.3, -0.25) is 9.48 Å². The summed E-state index contributed by atoms with van der Waals surface area (Å²) in [7, 11) is 1.84. The average Bonchev–Trinajstić information content (AvgIpc) is 3.36. The lowest BCUT2D eigenvalue weighted by Crippen LogP contribution is -2.46. The molecule has 1 amide bonds. The van der Waals surface area contributed by atoms with Crippen LogP contribution in [-0.2, 0) is 6.54 Å². The Morgan fingerprint density at radius 1 is 1.29 bits per heavy atom. The molecule has 0 spiro atoms. The van der Waals surface area contributed by atoms with Gasteiger partial charge in [0, 0.05) is 42.6 Å². The predicted octanol–water partition coefficient (Wildman–Crippen LogP) is 4.32. The van der Waals surface area contributed by atoms with Gasteiger partial charge in [0.15, 0.2) is 5.69 Å². The first-order valence-corrected chi connectivity index (χ1v) is 12.2. The Bertz CT molecular complexity index is 1350. The maximum absolute atomic E-state index is 14.7. The van der Waals surface area contributed by atoms with E-state index >= 15 is 0 Å². The Morgan fingerprint density at radius 3 is 2.76 bits per heavy atom. The smallest absolute Gasteiger partial charge is 0.379 e. The highest BCUT2D eigenvalue weighted by Crippen LogP contribution is 2.37. The van der Waals surface area contributed by atoms with Gasteiger partial charge in [-0.25, -0.2) is 9.37 Å². The number of amides is 1. The molecular formula is C26H29F4N7O. The molecule has 8 nitrogen and oxygen atoms in total. The van der Waals surface area contributed by atoms with E-state index in [9.17, 15) is 22.4 Å². The molecule has 38 heavy (non-hydrogen) atoms. The van der Waals surface area contributed by atoms with Gasteiger partial charge in [-0.2, -0.15) is 13.2 Å². The topological polar surface area (TPSA) is 88.0 Å². The van der Waals surface area contributed by atoms with Crippen molar-refractivity contribution in [2.24, 2.45) is 0 Å². The summed E-state index contributed by atoms with van der Waals surface area (Å²) in [6.07, 6.45) is -0.661. The zero-order valence-electron chi connectivity index (χ0n) is 21.1. The SMILES string of the molecule is C=C(c1nc(/C=C/CNC(=O)c2cn(CC)nn2)cc2c(N[C@@H]3CCN(C)C[C@@H]3F)cccc12)C(F)(F)F. The third-order valence-electron chi connectivity index (χ3n) is 6.37. The Hall–Kier alpha value is -3.80. The van der Waals surface area contributed by atoms with Gasteiger partial charge in [-0.1, -0.05) is 30.0 Å². The van der Waals surface area contributed by atoms with Gasteiger partial charge in [-0.15, -0.1) is 5.10 Å². The molecule has 202 valence electrons. The van der Waals surface area contributed by atoms with E-state index in [0.717, 1.165) is 0 Å². The molecule has 4 rings (SSSR count). The Labute approximate surface area is 217 Å². The number of carbonyl (C=O) groups excluding carboxylic acids is 1. The van der Waals surface area contributed by atoms with E-state index in [4.69, 9.17) is 0 Å². The van der Waals surface area contributed by atoms with Gasteiger partial charge in [-0.05, 0) is 38.6 Å². The van der Waals surface area contributed by atoms with Crippen molar-refractivity contribution in [3.8, 4) is 0 Å². The maximum atomic E-state index is 14.7. The number of nitrogens with one attached hydrogen (secondary N) is 2. The first-order chi connectivity index (χ1) is 18.1. The van der Waals surface area contributed by atoms with Crippen LogP contribution in [0.2, 0.25) is 0 Å². The van der Waals surface area contributed by atoms with Crippen LogP contribution in [0, 0.1) is 0 Å². The van der Waals surface area contributed by atoms with E-state index in [1.54, 1.807) is 30.3 Å². The van der Waals surface area contributed by atoms with Crippen molar-refractivity contribution < 1.29 is 22.4 Å². The van der Waals surface area contributed by atoms with Crippen molar-refractivity contribution in [2.45, 2.75) is 38.3 Å². The number of aryl methyl sites for hydroxylation is 1. The molecule has 0 aliphatic carbocycles. The van der Waals surface area contributed by atoms with Gasteiger partial charge in [0.1, 0.15) is 6.17 Å². The molecule has 1 fully saturated rings. The zero-order valence-corrected chi connectivity index (χ0v) is 21.1. The highest BCUT2D eigenvalue weighted by Gasteiger charge is 2.35. The number of carbonyl (C=O) groups is 1. The first-order valence-electron chi connectivity index (χ1n) is 12.2. The second-order valence-electron chi connectivity index (χ2n) is 9.16. The van der Waals surface area contributed by atoms with E-state index in [-0.39, 0.29) is 35.6 Å². The summed E-state index contributed by atoms with van der Waals surface area (Å²) >= 11 is 0. The molecule has 3 heterocycles. The number of aromatic nitrogens is 4. The van der Waals surface area contributed by atoms with Gasteiger partial charge in [0.25, 0.3) is 5.91 Å². The third kappa shape index (κ3) is 6.18. The van der Waals surface area contributed by atoms with E-state index in [1.807, 2.05) is 18.9 Å². The number of alkyl halides is 4. The van der Waals surface area contributed by atoms with Crippen LogP contribution >= 0.6 is 0 Å². The van der Waals surface area contributed by atoms with Crippen LogP contribution in [0.3, 0.4) is 0 Å². The predicted molar refractivity (Wildman–Crippen MR) is 138 cm³/mol. The second-order valence-corrected chi connectivity index (χ2v) is 9.16. The lowest BCUT2D eigenvalue weighted by molar-refractivity contribution is -0.0688. The highest BCUT2D eigenvalue weighted by atomic mass is 19.4. The number of fused-ring (bicyclic) bond motifs is 1. The largest absolute Gasteiger partial charge is 0.417 e. The molecule has 0 bridgehead atoms. The standard InChI is InChI=1S/C26H29F4N7O/c1-4-37-15-23(34-35-37)25(38)31-11-6-7-17-13-19-18(24(32-17)16(2)26(28,29)30)8-5-9-21(19)33-22-10-12-36(3)14-20(22)27/h5-9,13,15,20,22,33H,2,4,10-12,14H2,1,3H3,(H,31,38)/b7-6+/t20-,22+/m0/s1. The summed E-state index contributed by atoms with van der Waals surface area (Å²) in [4.78, 5) is 18.4. The summed E-state index contributed by atoms with van der Waals surface area (Å²) in [6, 6.07) is 6.03. The minimum absolute atomic E-state index is 0.0894. The average molecular weight is 532 g/mol. The number of likely N-dealkylation sites (tertiary alicyclic amines) is 1. The number of benzene rings is 1. The van der Waals surface area contributed by atoms with E-state index in [1.165, 1.54) is 17.0 Å². The molecule has 1 aliphatic rings. The highest BCUT2D eigenvalue weighted by molar-refractivity contribution is 6.01. The number of nitrogens with zero attached hydrogens (tertiary/aromatic N) is 5. The molecular weight excluding hydrogens is 502 g/mol. The van der Waals surface area contributed by atoms with Crippen LogP contribution in [0.4, 0.5) is 23.2 Å². The number of pyridine rings is 1. The fourth-order valence-electron chi connectivity index (χ4n) is 4.27. The molecule has 12 heteroatoms. The molecule has 0 unspecified atom stereocenters. The summed E-state index contributed by atoms with van der Waals surface area (Å²) in [5, 5.41) is 14.2. The van der Waals surface area contributed by atoms with Crippen LogP contribution in [0.1, 0.15) is 35.2 Å². The molecule has 1 saturated heterocycles. The maximum Gasteiger partial charge on any atom is 0.417 e. The molecule has 1 aromatic carbocycles. The number of rotatable bonds is 8. The quantitative estimate of drug-likeness (QED) is 0.421. The van der Waals surface area contributed by atoms with E-state index in [0.29, 0.717) is 30.6 Å². The zero-order chi connectivity index (χ0) is 27.4. The fourth-order valence-corrected chi connectivity index (χ4v) is 4.27. The number of allylic oxidation sites excluding steroid dienone is 1. The molecule has 2 aromatic heterocycles. The van der Waals surface area contributed by atoms with Crippen LogP contribution in [0.25, 0.3) is 22.4 Å². The monoisotopic (exact) mass is 531 g/mol. The lowest BCUT2D eigenvalue weighted by Gasteiger charge is -2.33. The molecule has 0 radical (unpaired) electrons. The molecule has 2 atom stereocenters. The summed E-state index contributed by atoms with van der Waals surface area (Å²) in [6.45, 7) is 6.74. The summed E-state index contributed by atoms with van der Waals surface area (Å²) in [5.74, 6) is -0.433. The van der Waals surface area contributed by atoms with Gasteiger partial charge >= 0.3 is 6.18 Å². The van der Waals surface area contributed by atoms with Crippen LogP contribution < -0.4 is 10.6 Å². The minimum atomic E-state index is -4.69. The summed E-state index contributed by atoms with van der Waals surface area (Å²) in [5.41, 5.74) is -0.481. The van der Waals surface area contributed by atoms with Crippen molar-refractivity contribution in [1.82, 2.24) is 30.2 Å². The van der Waals surface area contributed by atoms with E-state index < -0.39 is 29.9 Å². The first kappa shape index (κ1) is 27.2. The molecule has 0 saturated carbocycles. The number of hydrogen-bond acceptors (Lipinski definition) is 6. The van der Waals surface area contributed by atoms with Crippen molar-refractivity contribution >= 4 is 34.0 Å². The van der Waals surface area contributed by atoms with E-state index in [2.05, 4.69) is 32.5 Å². The fraction of sp³-hybridized carbons (Fsp3) is 0.385. The Morgan fingerprint density at radius 2 is 2.08 bits per heavy atom. The summed E-state index contributed by atoms with van der Waals surface area (Å²) < 4.78 is 57.2. The Balaban J connectivity index is 1.62. The number of piperidine rings is 1. The minimum Gasteiger partial charge on any atom is -0.379 e. The van der Waals surface area contributed by atoms with Crippen LogP contribution in [-0.4, -0.2) is 75.9 Å². The van der Waals surface area contributed by atoms with Crippen LogP contribution in [0.15, 0.2) is 43.1 Å². The van der Waals surface area contributed by atoms with Gasteiger partial charge in [0.2, 0.25) is 0 Å². The van der Waals surface area contributed by atoms with Gasteiger partial charge in [0.05, 0.1) is 29.2 Å². The van der Waals surface area contributed by atoms with Gasteiger partial charge < -0.3 is 15.5 Å². The van der Waals surface area contributed by atoms with Crippen molar-refractivity contribution in [2.75, 3.05) is 32.0 Å². The molecule has 3 aromatic rings. The Kier molecular flexibility index (Phi) is 8.10. The number of halogens is 4. The lowest BCUT2D eigenvalue weighted by atomic mass is 9.99. The third-order valence-corrected chi connectivity index (χ3v) is 6.37. The van der Waals surface area contributed by atoms with Crippen LogP contribution in [0.5, 0.6) is 0 Å². The number of hydrogen-bond donors (Lipinski definition) is 2. The second kappa shape index (κ2) is 11.3. The van der Waals surface area contributed by atoms with Crippen molar-refractivity contribution in [3.63, 3.8) is 0 Å².